The van der Waals surface area contributed by atoms with Gasteiger partial charge in [-0.05, 0) is 37.9 Å². The summed E-state index contributed by atoms with van der Waals surface area (Å²) in [6, 6.07) is 3.70. The molecule has 1 aromatic carbocycles. The second-order valence-electron chi connectivity index (χ2n) is 13.3. The number of benzene rings is 1. The number of fused-ring (bicyclic) bond motifs is 1. The molecule has 3 atom stereocenters. The molecule has 0 saturated carbocycles. The Morgan fingerprint density at radius 1 is 0.742 bits per heavy atom. The van der Waals surface area contributed by atoms with Gasteiger partial charge in [-0.1, -0.05) is 18.2 Å². The molecule has 3 unspecified atom stereocenters. The Kier molecular flexibility index (Phi) is 21.6. The van der Waals surface area contributed by atoms with Gasteiger partial charge in [0.05, 0.1) is 38.8 Å². The van der Waals surface area contributed by atoms with E-state index in [1.54, 1.807) is 12.3 Å². The third-order valence-corrected chi connectivity index (χ3v) is 8.56. The van der Waals surface area contributed by atoms with E-state index in [2.05, 4.69) is 52.5 Å². The summed E-state index contributed by atoms with van der Waals surface area (Å²) in [6.45, 7) is -3.75. The molecule has 0 aliphatic heterocycles. The van der Waals surface area contributed by atoms with Crippen LogP contribution in [0.2, 0.25) is 0 Å². The van der Waals surface area contributed by atoms with Crippen LogP contribution in [0.3, 0.4) is 0 Å². The molecule has 2 aromatic rings. The first kappa shape index (κ1) is 50.5. The lowest BCUT2D eigenvalue weighted by atomic mass is 10.0. The number of carbonyl (C=O) groups is 11. The van der Waals surface area contributed by atoms with E-state index < -0.39 is 129 Å². The zero-order valence-corrected chi connectivity index (χ0v) is 33.7. The third kappa shape index (κ3) is 19.0. The van der Waals surface area contributed by atoms with Gasteiger partial charge in [-0.3, -0.25) is 62.6 Å². The molecule has 26 nitrogen and oxygen atoms in total. The zero-order valence-electron chi connectivity index (χ0n) is 33.7. The minimum absolute atomic E-state index is 0.0153. The number of hydrogen-bond acceptors (Lipinski definition) is 13. The quantitative estimate of drug-likeness (QED) is 0.0164. The van der Waals surface area contributed by atoms with Crippen LogP contribution in [-0.2, 0) is 59.2 Å². The lowest BCUT2D eigenvalue weighted by Crippen LogP contribution is -2.53. The fraction of sp³-hybridized carbons (Fsp3) is 0.444. The van der Waals surface area contributed by atoms with E-state index in [4.69, 9.17) is 22.3 Å². The number of aliphatic carboxylic acids is 1. The highest BCUT2D eigenvalue weighted by Crippen LogP contribution is 2.19. The van der Waals surface area contributed by atoms with Crippen molar-refractivity contribution in [1.29, 1.82) is 0 Å². The van der Waals surface area contributed by atoms with Crippen LogP contribution in [0.15, 0.2) is 35.5 Å². The minimum atomic E-state index is -1.49. The number of carbonyl (C=O) groups excluding carboxylic acids is 10. The minimum Gasteiger partial charge on any atom is -0.481 e. The molecule has 0 fully saturated rings. The van der Waals surface area contributed by atoms with E-state index >= 15 is 0 Å². The Morgan fingerprint density at radius 2 is 1.31 bits per heavy atom. The number of carboxylic acids is 1. The molecule has 0 spiro atoms. The first-order valence-electron chi connectivity index (χ1n) is 18.9. The number of primary amides is 1. The average Bonchev–Trinajstić information content (AvgIpc) is 3.64. The number of nitrogens with zero attached hydrogens (tertiary/aromatic N) is 2. The van der Waals surface area contributed by atoms with Crippen LogP contribution in [0.1, 0.15) is 31.2 Å². The number of guanidine groups is 1. The Balaban J connectivity index is 1.84. The normalized spacial score (nSPS) is 12.0. The highest BCUT2D eigenvalue weighted by atomic mass is 16.4. The number of nitrogens with one attached hydrogen (secondary N) is 9. The number of aliphatic imine (C=N–C) groups is 1. The summed E-state index contributed by atoms with van der Waals surface area (Å²) >= 11 is 0. The molecule has 0 bridgehead atoms. The average molecular weight is 873 g/mol. The molecular weight excluding hydrogens is 820 g/mol. The van der Waals surface area contributed by atoms with Crippen LogP contribution in [0, 0.1) is 0 Å². The Morgan fingerprint density at radius 3 is 1.90 bits per heavy atom. The maximum absolute atomic E-state index is 12.8. The highest BCUT2D eigenvalue weighted by molar-refractivity contribution is 5.97. The second kappa shape index (κ2) is 26.5. The van der Waals surface area contributed by atoms with Gasteiger partial charge < -0.3 is 69.8 Å². The van der Waals surface area contributed by atoms with Crippen molar-refractivity contribution in [3.05, 3.63) is 36.0 Å². The molecule has 2 rings (SSSR count). The number of rotatable bonds is 28. The molecule has 62 heavy (non-hydrogen) atoms. The van der Waals surface area contributed by atoms with Crippen molar-refractivity contribution in [3.63, 3.8) is 0 Å². The first-order valence-corrected chi connectivity index (χ1v) is 18.9. The van der Waals surface area contributed by atoms with E-state index in [1.807, 2.05) is 18.2 Å². The van der Waals surface area contributed by atoms with Crippen LogP contribution >= 0.6 is 0 Å². The molecule has 0 radical (unpaired) electrons. The predicted octanol–water partition coefficient (Wildman–Crippen LogP) is -6.76. The van der Waals surface area contributed by atoms with E-state index in [1.165, 1.54) is 7.05 Å². The van der Waals surface area contributed by atoms with E-state index in [-0.39, 0.29) is 31.8 Å². The van der Waals surface area contributed by atoms with Crippen molar-refractivity contribution in [2.75, 3.05) is 52.9 Å². The van der Waals surface area contributed by atoms with Crippen LogP contribution in [0.25, 0.3) is 10.9 Å². The second-order valence-corrected chi connectivity index (χ2v) is 13.3. The van der Waals surface area contributed by atoms with Crippen LogP contribution < -0.4 is 59.7 Å². The number of carboxylic acid groups (broad SMARTS) is 1. The van der Waals surface area contributed by atoms with Gasteiger partial charge in [0.2, 0.25) is 59.6 Å². The number of para-hydroxylation sites is 1. The van der Waals surface area contributed by atoms with Gasteiger partial charge in [-0.15, -0.1) is 0 Å². The van der Waals surface area contributed by atoms with E-state index in [0.29, 0.717) is 16.9 Å². The van der Waals surface area contributed by atoms with Gasteiger partial charge in [-0.25, -0.2) is 0 Å². The fourth-order valence-corrected chi connectivity index (χ4v) is 5.48. The summed E-state index contributed by atoms with van der Waals surface area (Å²) in [5.74, 6) is -9.06. The number of H-pyrrole nitrogens is 1. The van der Waals surface area contributed by atoms with Gasteiger partial charge in [0.1, 0.15) is 18.6 Å². The standard InChI is InChI=1S/C36H52N14O12/c1-40-24(7-4-10-41-36(38)39)35(62)50(19-51)18-31(57)45-17-29(55)48-23(8-9-32(58)59)33(60)47-15-28(54)43-14-27(53)44-16-30(56)49-25(34(61)46-13-26(37)52)11-20-12-42-22-6-3-2-5-21(20)22/h2-3,5-6,12,19,23-25,40,42H,4,7-11,13-18H2,1H3,(H2,37,52)(H,43,54)(H,44,53)(H,45,57)(H,46,61)(H,47,60)(H,48,55)(H,49,56)(H,58,59)(H4,38,39,41). The number of nitrogens with two attached hydrogens (primary N) is 3. The molecule has 1 aromatic heterocycles. The van der Waals surface area contributed by atoms with Crippen molar-refractivity contribution in [2.24, 2.45) is 22.2 Å². The smallest absolute Gasteiger partial charge is 0.303 e. The lowest BCUT2D eigenvalue weighted by molar-refractivity contribution is -0.143. The molecule has 0 aliphatic carbocycles. The van der Waals surface area contributed by atoms with Gasteiger partial charge >= 0.3 is 5.97 Å². The molecule has 338 valence electrons. The SMILES string of the molecule is CNC(CCCN=C(N)N)C(=O)N(C=O)CC(=O)NCC(=O)NC(CCC(=O)O)C(=O)NCC(=O)NCC(=O)NCC(=O)NC(Cc1c[nH]c2ccccc12)C(=O)NCC(N)=O. The summed E-state index contributed by atoms with van der Waals surface area (Å²) in [6.07, 6.45) is 1.40. The summed E-state index contributed by atoms with van der Waals surface area (Å²) in [7, 11) is 1.47. The topological polar surface area (TPSA) is 414 Å². The summed E-state index contributed by atoms with van der Waals surface area (Å²) < 4.78 is 0. The first-order chi connectivity index (χ1) is 29.4. The van der Waals surface area contributed by atoms with Gasteiger partial charge in [0.25, 0.3) is 0 Å². The van der Waals surface area contributed by atoms with Crippen molar-refractivity contribution in [2.45, 2.75) is 50.2 Å². The number of aromatic nitrogens is 1. The molecule has 16 N–H and O–H groups in total. The zero-order chi connectivity index (χ0) is 46.2. The molecule has 0 saturated heterocycles. The maximum Gasteiger partial charge on any atom is 0.303 e. The number of aromatic amines is 1. The van der Waals surface area contributed by atoms with Crippen LogP contribution in [0.5, 0.6) is 0 Å². The monoisotopic (exact) mass is 872 g/mol. The number of hydrogen-bond donors (Lipinski definition) is 13. The molecular formula is C36H52N14O12. The summed E-state index contributed by atoms with van der Waals surface area (Å²) in [5, 5.41) is 28.5. The van der Waals surface area contributed by atoms with Crippen molar-refractivity contribution >= 4 is 82.4 Å². The number of likely N-dealkylation sites (N-methyl/N-ethyl adjacent to an activating group) is 1. The predicted molar refractivity (Wildman–Crippen MR) is 218 cm³/mol. The van der Waals surface area contributed by atoms with Crippen molar-refractivity contribution < 1.29 is 57.8 Å². The summed E-state index contributed by atoms with van der Waals surface area (Å²) in [5.41, 5.74) is 17.1. The maximum atomic E-state index is 12.8. The van der Waals surface area contributed by atoms with Gasteiger partial charge in [0.15, 0.2) is 5.96 Å². The molecule has 0 aliphatic rings. The number of amides is 10. The molecule has 10 amide bonds. The third-order valence-electron chi connectivity index (χ3n) is 8.56. The summed E-state index contributed by atoms with van der Waals surface area (Å²) in [4.78, 5) is 142. The van der Waals surface area contributed by atoms with Crippen molar-refractivity contribution in [3.8, 4) is 0 Å². The fourth-order valence-electron chi connectivity index (χ4n) is 5.48. The Hall–Kier alpha value is -7.64. The van der Waals surface area contributed by atoms with Crippen LogP contribution in [-0.4, -0.2) is 157 Å². The lowest BCUT2D eigenvalue weighted by Gasteiger charge is -2.22. The Labute approximate surface area is 353 Å². The Bertz CT molecular complexity index is 1980. The van der Waals surface area contributed by atoms with Crippen molar-refractivity contribution in [1.82, 2.24) is 52.4 Å². The molecule has 1 heterocycles. The molecule has 26 heteroatoms. The van der Waals surface area contributed by atoms with Crippen LogP contribution in [0.4, 0.5) is 0 Å². The largest absolute Gasteiger partial charge is 0.481 e. The van der Waals surface area contributed by atoms with E-state index in [0.717, 1.165) is 10.9 Å². The van der Waals surface area contributed by atoms with E-state index in [9.17, 15) is 52.7 Å². The van der Waals surface area contributed by atoms with Gasteiger partial charge in [-0.2, -0.15) is 0 Å². The van der Waals surface area contributed by atoms with Gasteiger partial charge in [0, 0.05) is 36.5 Å². The number of imide groups is 1. The highest BCUT2D eigenvalue weighted by Gasteiger charge is 2.27.